The fourth-order valence-electron chi connectivity index (χ4n) is 1.95. The predicted octanol–water partition coefficient (Wildman–Crippen LogP) is 2.89. The van der Waals surface area contributed by atoms with Crippen LogP contribution in [0.5, 0.6) is 0 Å². The molecule has 1 atom stereocenters. The Hall–Kier alpha value is 0.300. The van der Waals surface area contributed by atoms with E-state index in [-0.39, 0.29) is 6.54 Å². The van der Waals surface area contributed by atoms with Gasteiger partial charge in [0.05, 0.1) is 6.54 Å². The lowest BCUT2D eigenvalue weighted by Gasteiger charge is -2.23. The van der Waals surface area contributed by atoms with E-state index in [1.165, 1.54) is 0 Å². The minimum Gasteiger partial charge on any atom is -0.295 e. The van der Waals surface area contributed by atoms with Gasteiger partial charge in [0.15, 0.2) is 0 Å². The number of halogens is 3. The molecule has 0 radical (unpaired) electrons. The van der Waals surface area contributed by atoms with Crippen LogP contribution >= 0.6 is 15.9 Å². The minimum absolute atomic E-state index is 0.0348. The van der Waals surface area contributed by atoms with E-state index in [1.807, 2.05) is 4.90 Å². The fourth-order valence-corrected chi connectivity index (χ4v) is 2.28. The predicted molar refractivity (Wildman–Crippen MR) is 53.6 cm³/mol. The first-order chi connectivity index (χ1) is 6.24. The fraction of sp³-hybridized carbons (Fsp3) is 1.00. The van der Waals surface area contributed by atoms with Crippen molar-refractivity contribution in [2.24, 2.45) is 0 Å². The maximum absolute atomic E-state index is 12.1. The van der Waals surface area contributed by atoms with Crippen LogP contribution in [0.4, 0.5) is 8.78 Å². The highest BCUT2D eigenvalue weighted by Crippen LogP contribution is 2.22. The molecule has 0 saturated carbocycles. The van der Waals surface area contributed by atoms with E-state index in [1.54, 1.807) is 0 Å². The number of hydrogen-bond acceptors (Lipinski definition) is 1. The molecule has 1 unspecified atom stereocenters. The summed E-state index contributed by atoms with van der Waals surface area (Å²) in [6.45, 7) is 0.824. The molecule has 0 amide bonds. The van der Waals surface area contributed by atoms with Gasteiger partial charge in [-0.25, -0.2) is 8.78 Å². The van der Waals surface area contributed by atoms with Gasteiger partial charge >= 0.3 is 0 Å². The van der Waals surface area contributed by atoms with Gasteiger partial charge in [0.1, 0.15) is 0 Å². The van der Waals surface area contributed by atoms with Crippen LogP contribution in [0, 0.1) is 0 Å². The van der Waals surface area contributed by atoms with Crippen molar-refractivity contribution in [3.8, 4) is 0 Å². The standard InChI is InChI=1S/C9H16BrF2N/c10-5-1-3-8-4-2-6-13(8)7-9(11)12/h8-9H,1-7H2. The Balaban J connectivity index is 2.26. The van der Waals surface area contributed by atoms with Crippen molar-refractivity contribution in [3.63, 3.8) is 0 Å². The molecule has 0 aromatic carbocycles. The SMILES string of the molecule is FC(F)CN1CCCC1CCCBr. The summed E-state index contributed by atoms with van der Waals surface area (Å²) in [6, 6.07) is 0.409. The van der Waals surface area contributed by atoms with Gasteiger partial charge < -0.3 is 0 Å². The van der Waals surface area contributed by atoms with Gasteiger partial charge in [-0.1, -0.05) is 15.9 Å². The zero-order chi connectivity index (χ0) is 9.68. The Morgan fingerprint density at radius 2 is 2.23 bits per heavy atom. The minimum atomic E-state index is -2.18. The van der Waals surface area contributed by atoms with E-state index in [4.69, 9.17) is 0 Å². The summed E-state index contributed by atoms with van der Waals surface area (Å²) in [5.74, 6) is 0. The van der Waals surface area contributed by atoms with Crippen molar-refractivity contribution in [1.82, 2.24) is 4.90 Å². The van der Waals surface area contributed by atoms with Crippen molar-refractivity contribution >= 4 is 15.9 Å². The summed E-state index contributed by atoms with van der Waals surface area (Å²) in [5.41, 5.74) is 0. The number of nitrogens with zero attached hydrogens (tertiary/aromatic N) is 1. The zero-order valence-corrected chi connectivity index (χ0v) is 9.27. The van der Waals surface area contributed by atoms with Crippen molar-refractivity contribution in [2.45, 2.75) is 38.2 Å². The largest absolute Gasteiger partial charge is 0.295 e. The van der Waals surface area contributed by atoms with Gasteiger partial charge in [0, 0.05) is 11.4 Å². The monoisotopic (exact) mass is 255 g/mol. The lowest BCUT2D eigenvalue weighted by Crippen LogP contribution is -2.33. The zero-order valence-electron chi connectivity index (χ0n) is 7.69. The summed E-state index contributed by atoms with van der Waals surface area (Å²) in [5, 5.41) is 0.978. The van der Waals surface area contributed by atoms with Crippen LogP contribution in [0.25, 0.3) is 0 Å². The van der Waals surface area contributed by atoms with E-state index < -0.39 is 6.43 Å². The number of rotatable bonds is 5. The lowest BCUT2D eigenvalue weighted by atomic mass is 10.1. The van der Waals surface area contributed by atoms with E-state index in [0.717, 1.165) is 37.6 Å². The number of alkyl halides is 3. The summed E-state index contributed by atoms with van der Waals surface area (Å²) >= 11 is 3.36. The highest BCUT2D eigenvalue weighted by molar-refractivity contribution is 9.09. The van der Waals surface area contributed by atoms with Gasteiger partial charge in [0.25, 0.3) is 6.43 Å². The van der Waals surface area contributed by atoms with Crippen LogP contribution in [-0.2, 0) is 0 Å². The van der Waals surface area contributed by atoms with E-state index in [2.05, 4.69) is 15.9 Å². The molecule has 0 aromatic rings. The first-order valence-electron chi connectivity index (χ1n) is 4.82. The van der Waals surface area contributed by atoms with Crippen LogP contribution in [0.1, 0.15) is 25.7 Å². The average molecular weight is 256 g/mol. The van der Waals surface area contributed by atoms with E-state index >= 15 is 0 Å². The van der Waals surface area contributed by atoms with Crippen molar-refractivity contribution in [2.75, 3.05) is 18.4 Å². The molecular weight excluding hydrogens is 240 g/mol. The molecule has 0 spiro atoms. The van der Waals surface area contributed by atoms with E-state index in [9.17, 15) is 8.78 Å². The molecule has 1 aliphatic heterocycles. The van der Waals surface area contributed by atoms with Crippen molar-refractivity contribution in [3.05, 3.63) is 0 Å². The van der Waals surface area contributed by atoms with E-state index in [0.29, 0.717) is 6.04 Å². The van der Waals surface area contributed by atoms with Gasteiger partial charge in [-0.05, 0) is 32.2 Å². The molecule has 0 aliphatic carbocycles. The quantitative estimate of drug-likeness (QED) is 0.683. The molecule has 1 rings (SSSR count). The van der Waals surface area contributed by atoms with Crippen LogP contribution in [0.3, 0.4) is 0 Å². The summed E-state index contributed by atoms with van der Waals surface area (Å²) in [6.07, 6.45) is 2.14. The molecule has 1 saturated heterocycles. The van der Waals surface area contributed by atoms with Crippen molar-refractivity contribution in [1.29, 1.82) is 0 Å². The molecule has 1 aliphatic rings. The molecule has 0 aromatic heterocycles. The van der Waals surface area contributed by atoms with Crippen LogP contribution < -0.4 is 0 Å². The Labute approximate surface area is 86.6 Å². The summed E-state index contributed by atoms with van der Waals surface area (Å²) in [7, 11) is 0. The number of hydrogen-bond donors (Lipinski definition) is 0. The maximum Gasteiger partial charge on any atom is 0.251 e. The average Bonchev–Trinajstić information content (AvgIpc) is 2.48. The van der Waals surface area contributed by atoms with Crippen LogP contribution in [0.2, 0.25) is 0 Å². The molecule has 1 heterocycles. The Morgan fingerprint density at radius 3 is 2.85 bits per heavy atom. The molecule has 1 fully saturated rings. The highest BCUT2D eigenvalue weighted by Gasteiger charge is 2.25. The maximum atomic E-state index is 12.1. The Morgan fingerprint density at radius 1 is 1.46 bits per heavy atom. The second-order valence-corrected chi connectivity index (χ2v) is 4.31. The van der Waals surface area contributed by atoms with Crippen LogP contribution in [0.15, 0.2) is 0 Å². The summed E-state index contributed by atoms with van der Waals surface area (Å²) < 4.78 is 24.3. The van der Waals surface area contributed by atoms with Gasteiger partial charge in [-0.15, -0.1) is 0 Å². The Bertz CT molecular complexity index is 144. The molecule has 78 valence electrons. The lowest BCUT2D eigenvalue weighted by molar-refractivity contribution is 0.0804. The third-order valence-electron chi connectivity index (χ3n) is 2.54. The normalized spacial score (nSPS) is 24.5. The van der Waals surface area contributed by atoms with Gasteiger partial charge in [0.2, 0.25) is 0 Å². The number of likely N-dealkylation sites (tertiary alicyclic amines) is 1. The topological polar surface area (TPSA) is 3.24 Å². The molecule has 13 heavy (non-hydrogen) atoms. The van der Waals surface area contributed by atoms with Crippen molar-refractivity contribution < 1.29 is 8.78 Å². The third kappa shape index (κ3) is 3.90. The first kappa shape index (κ1) is 11.4. The second-order valence-electron chi connectivity index (χ2n) is 3.51. The first-order valence-corrected chi connectivity index (χ1v) is 5.94. The van der Waals surface area contributed by atoms with Gasteiger partial charge in [-0.3, -0.25) is 4.90 Å². The molecule has 0 N–H and O–H groups in total. The smallest absolute Gasteiger partial charge is 0.251 e. The second kappa shape index (κ2) is 5.91. The Kier molecular flexibility index (Phi) is 5.17. The van der Waals surface area contributed by atoms with Gasteiger partial charge in [-0.2, -0.15) is 0 Å². The molecular formula is C9H16BrF2N. The molecule has 0 bridgehead atoms. The van der Waals surface area contributed by atoms with Crippen LogP contribution in [-0.4, -0.2) is 35.8 Å². The molecule has 1 nitrogen and oxygen atoms in total. The molecule has 4 heteroatoms. The summed E-state index contributed by atoms with van der Waals surface area (Å²) in [4.78, 5) is 1.94. The third-order valence-corrected chi connectivity index (χ3v) is 3.10. The highest BCUT2D eigenvalue weighted by atomic mass is 79.9.